The fourth-order valence-electron chi connectivity index (χ4n) is 1.79. The van der Waals surface area contributed by atoms with Crippen molar-refractivity contribution >= 4 is 21.5 Å². The number of rotatable bonds is 4. The molecule has 0 aliphatic heterocycles. The summed E-state index contributed by atoms with van der Waals surface area (Å²) in [5.74, 6) is -0.0323. The number of oxime groups is 1. The van der Waals surface area contributed by atoms with Crippen molar-refractivity contribution in [3.63, 3.8) is 0 Å². The Kier molecular flexibility index (Phi) is 4.13. The maximum atomic E-state index is 12.4. The van der Waals surface area contributed by atoms with E-state index in [-0.39, 0.29) is 10.7 Å². The Labute approximate surface area is 123 Å². The monoisotopic (exact) mass is 305 g/mol. The van der Waals surface area contributed by atoms with Crippen LogP contribution in [0.25, 0.3) is 0 Å². The molecule has 3 N–H and O–H groups in total. The third-order valence-electron chi connectivity index (χ3n) is 3.04. The lowest BCUT2D eigenvalue weighted by molar-refractivity contribution is 0.318. The minimum absolute atomic E-state index is 0.0323. The topological polar surface area (TPSA) is 96.0 Å². The molecule has 0 unspecified atom stereocenters. The number of nitrogens with two attached hydrogens (primary N) is 1. The Morgan fingerprint density at radius 2 is 1.67 bits per heavy atom. The molecule has 0 aliphatic rings. The number of sulfonamides is 1. The maximum absolute atomic E-state index is 12.4. The summed E-state index contributed by atoms with van der Waals surface area (Å²) >= 11 is 0. The molecule has 0 aromatic heterocycles. The lowest BCUT2D eigenvalue weighted by atomic mass is 10.2. The summed E-state index contributed by atoms with van der Waals surface area (Å²) in [6, 6.07) is 14.5. The van der Waals surface area contributed by atoms with Crippen molar-refractivity contribution in [3.8, 4) is 0 Å². The normalized spacial score (nSPS) is 12.1. The van der Waals surface area contributed by atoms with Gasteiger partial charge in [0.2, 0.25) is 0 Å². The summed E-state index contributed by atoms with van der Waals surface area (Å²) in [5.41, 5.74) is 6.45. The van der Waals surface area contributed by atoms with Gasteiger partial charge < -0.3 is 10.9 Å². The van der Waals surface area contributed by atoms with Crippen molar-refractivity contribution < 1.29 is 13.6 Å². The van der Waals surface area contributed by atoms with Gasteiger partial charge in [0.1, 0.15) is 0 Å². The van der Waals surface area contributed by atoms with Crippen molar-refractivity contribution in [2.24, 2.45) is 10.9 Å². The molecule has 7 heteroatoms. The summed E-state index contributed by atoms with van der Waals surface area (Å²) in [6.07, 6.45) is 0. The molecule has 0 spiro atoms. The average Bonchev–Trinajstić information content (AvgIpc) is 2.54. The van der Waals surface area contributed by atoms with Crippen LogP contribution in [0.15, 0.2) is 64.6 Å². The van der Waals surface area contributed by atoms with Crippen LogP contribution in [0.4, 0.5) is 5.69 Å². The van der Waals surface area contributed by atoms with E-state index in [0.29, 0.717) is 11.3 Å². The van der Waals surface area contributed by atoms with Crippen LogP contribution in [0.5, 0.6) is 0 Å². The van der Waals surface area contributed by atoms with Crippen LogP contribution >= 0.6 is 0 Å². The fourth-order valence-corrected chi connectivity index (χ4v) is 3.01. The van der Waals surface area contributed by atoms with Gasteiger partial charge in [-0.05, 0) is 36.4 Å². The highest BCUT2D eigenvalue weighted by atomic mass is 32.2. The number of nitrogens with zero attached hydrogens (tertiary/aromatic N) is 2. The lowest BCUT2D eigenvalue weighted by Crippen LogP contribution is -2.26. The highest BCUT2D eigenvalue weighted by Gasteiger charge is 2.20. The van der Waals surface area contributed by atoms with Crippen LogP contribution in [-0.2, 0) is 10.0 Å². The summed E-state index contributed by atoms with van der Waals surface area (Å²) in [4.78, 5) is 0.216. The highest BCUT2D eigenvalue weighted by Crippen LogP contribution is 2.22. The first-order chi connectivity index (χ1) is 9.96. The van der Waals surface area contributed by atoms with Crippen LogP contribution in [-0.4, -0.2) is 26.5 Å². The first kappa shape index (κ1) is 14.9. The zero-order chi connectivity index (χ0) is 15.5. The second kappa shape index (κ2) is 5.84. The predicted octanol–water partition coefficient (Wildman–Crippen LogP) is 1.61. The quantitative estimate of drug-likeness (QED) is 0.388. The average molecular weight is 305 g/mol. The molecule has 0 saturated heterocycles. The van der Waals surface area contributed by atoms with E-state index in [0.717, 1.165) is 0 Å². The van der Waals surface area contributed by atoms with E-state index in [1.54, 1.807) is 42.5 Å². The van der Waals surface area contributed by atoms with E-state index in [2.05, 4.69) is 5.16 Å². The summed E-state index contributed by atoms with van der Waals surface area (Å²) in [7, 11) is -2.14. The molecule has 0 aliphatic carbocycles. The SMILES string of the molecule is CN(c1ccc(C(N)=NO)cc1)S(=O)(=O)c1ccccc1. The Bertz CT molecular complexity index is 741. The van der Waals surface area contributed by atoms with Crippen molar-refractivity contribution in [1.82, 2.24) is 0 Å². The number of hydrogen-bond donors (Lipinski definition) is 2. The minimum Gasteiger partial charge on any atom is -0.409 e. The maximum Gasteiger partial charge on any atom is 0.264 e. The van der Waals surface area contributed by atoms with Crippen LogP contribution in [0.3, 0.4) is 0 Å². The van der Waals surface area contributed by atoms with Gasteiger partial charge in [0.15, 0.2) is 5.84 Å². The molecule has 110 valence electrons. The van der Waals surface area contributed by atoms with E-state index in [9.17, 15) is 8.42 Å². The lowest BCUT2D eigenvalue weighted by Gasteiger charge is -2.19. The largest absolute Gasteiger partial charge is 0.409 e. The molecular weight excluding hydrogens is 290 g/mol. The van der Waals surface area contributed by atoms with Gasteiger partial charge >= 0.3 is 0 Å². The van der Waals surface area contributed by atoms with Crippen LogP contribution in [0, 0.1) is 0 Å². The summed E-state index contributed by atoms with van der Waals surface area (Å²) in [6.45, 7) is 0. The van der Waals surface area contributed by atoms with Gasteiger partial charge in [-0.25, -0.2) is 8.42 Å². The highest BCUT2D eigenvalue weighted by molar-refractivity contribution is 7.92. The molecule has 2 rings (SSSR count). The van der Waals surface area contributed by atoms with Crippen LogP contribution in [0.2, 0.25) is 0 Å². The van der Waals surface area contributed by atoms with E-state index in [1.807, 2.05) is 0 Å². The zero-order valence-corrected chi connectivity index (χ0v) is 12.2. The van der Waals surface area contributed by atoms with E-state index < -0.39 is 10.0 Å². The van der Waals surface area contributed by atoms with Crippen molar-refractivity contribution in [1.29, 1.82) is 0 Å². The second-order valence-corrected chi connectivity index (χ2v) is 6.29. The van der Waals surface area contributed by atoms with Gasteiger partial charge in [-0.2, -0.15) is 0 Å². The van der Waals surface area contributed by atoms with Gasteiger partial charge in [-0.1, -0.05) is 23.4 Å². The molecule has 0 heterocycles. The predicted molar refractivity (Wildman–Crippen MR) is 81.0 cm³/mol. The molecule has 21 heavy (non-hydrogen) atoms. The summed E-state index contributed by atoms with van der Waals surface area (Å²) in [5, 5.41) is 11.5. The molecule has 0 radical (unpaired) electrons. The molecular formula is C14H15N3O3S. The van der Waals surface area contributed by atoms with Crippen molar-refractivity contribution in [2.75, 3.05) is 11.4 Å². The smallest absolute Gasteiger partial charge is 0.264 e. The third-order valence-corrected chi connectivity index (χ3v) is 4.84. The van der Waals surface area contributed by atoms with Gasteiger partial charge in [-0.15, -0.1) is 0 Å². The summed E-state index contributed by atoms with van der Waals surface area (Å²) < 4.78 is 26.1. The third kappa shape index (κ3) is 2.97. The number of amidine groups is 1. The van der Waals surface area contributed by atoms with E-state index in [1.165, 1.54) is 23.5 Å². The van der Waals surface area contributed by atoms with Gasteiger partial charge in [0.25, 0.3) is 10.0 Å². The Hall–Kier alpha value is -2.54. The molecule has 0 atom stereocenters. The van der Waals surface area contributed by atoms with Gasteiger partial charge in [-0.3, -0.25) is 4.31 Å². The standard InChI is InChI=1S/C14H15N3O3S/c1-17(21(19,20)13-5-3-2-4-6-13)12-9-7-11(8-10-12)14(15)16-18/h2-10,18H,1H3,(H2,15,16). The first-order valence-electron chi connectivity index (χ1n) is 6.09. The molecule has 0 saturated carbocycles. The molecule has 2 aromatic rings. The minimum atomic E-state index is -3.61. The second-order valence-electron chi connectivity index (χ2n) is 4.32. The number of benzene rings is 2. The first-order valence-corrected chi connectivity index (χ1v) is 7.53. The van der Waals surface area contributed by atoms with E-state index in [4.69, 9.17) is 10.9 Å². The number of anilines is 1. The van der Waals surface area contributed by atoms with E-state index >= 15 is 0 Å². The number of hydrogen-bond acceptors (Lipinski definition) is 4. The van der Waals surface area contributed by atoms with Gasteiger partial charge in [0.05, 0.1) is 10.6 Å². The molecule has 0 fully saturated rings. The fraction of sp³-hybridized carbons (Fsp3) is 0.0714. The van der Waals surface area contributed by atoms with Crippen molar-refractivity contribution in [3.05, 3.63) is 60.2 Å². The Balaban J connectivity index is 2.34. The Morgan fingerprint density at radius 3 is 2.19 bits per heavy atom. The van der Waals surface area contributed by atoms with Crippen LogP contribution < -0.4 is 10.0 Å². The zero-order valence-electron chi connectivity index (χ0n) is 11.3. The molecule has 6 nitrogen and oxygen atoms in total. The van der Waals surface area contributed by atoms with Crippen molar-refractivity contribution in [2.45, 2.75) is 4.90 Å². The molecule has 2 aromatic carbocycles. The Morgan fingerprint density at radius 1 is 1.10 bits per heavy atom. The van der Waals surface area contributed by atoms with Crippen LogP contribution in [0.1, 0.15) is 5.56 Å². The van der Waals surface area contributed by atoms with Gasteiger partial charge in [0, 0.05) is 12.6 Å². The molecule has 0 bridgehead atoms. The molecule has 0 amide bonds.